The van der Waals surface area contributed by atoms with Gasteiger partial charge >= 0.3 is 79.4 Å². The van der Waals surface area contributed by atoms with Gasteiger partial charge in [-0.1, -0.05) is 59.7 Å². The minimum Gasteiger partial charge on any atom is -0.744 e. The Morgan fingerprint density at radius 3 is 1.34 bits per heavy atom. The Morgan fingerprint density at radius 2 is 0.903 bits per heavy atom. The molecule has 0 saturated carbocycles. The standard InChI is InChI=1S/C40H32N4O12S4.2Na/c1-27-3-21-37(22-4-27)59(49,50)53-35-17-13-31(14-18-35)41-43-33-11-9-29(39(25-33)57-56-55-45)7-8-30-10-12-34(26-40(30)58(46,47)48)44-42-32-15-19-36(20-16-32)54-60(51,52)38-23-5-28(2)6-24-38;;/h3-26,45H,1-2H3,(H,46,47,48);;/q;2*+1/p-2/b8-7+,43-41?,44-42?;;. The van der Waals surface area contributed by atoms with E-state index in [1.54, 1.807) is 36.4 Å². The molecule has 308 valence electrons. The van der Waals surface area contributed by atoms with Crippen molar-refractivity contribution in [2.45, 2.75) is 33.4 Å². The Bertz CT molecular complexity index is 2920. The first-order chi connectivity index (χ1) is 28.6. The number of aryl methyl sites for hydroxylation is 2. The maximum absolute atomic E-state index is 12.6. The third-order valence-electron chi connectivity index (χ3n) is 8.12. The number of azo groups is 2. The zero-order valence-electron chi connectivity index (χ0n) is 33.2. The van der Waals surface area contributed by atoms with Gasteiger partial charge in [-0.3, -0.25) is 5.04 Å². The fraction of sp³-hybridized carbons (Fsp3) is 0.0500. The molecular weight excluding hydrogens is 903 g/mol. The van der Waals surface area contributed by atoms with Crippen LogP contribution in [-0.2, 0) is 39.7 Å². The maximum atomic E-state index is 12.6. The molecule has 0 radical (unpaired) electrons. The Hall–Kier alpha value is -4.10. The first-order valence-corrected chi connectivity index (χ1v) is 22.2. The average Bonchev–Trinajstić information content (AvgIpc) is 3.22. The molecule has 0 saturated heterocycles. The molecule has 0 heterocycles. The summed E-state index contributed by atoms with van der Waals surface area (Å²) in [6.07, 6.45) is 2.82. The zero-order chi connectivity index (χ0) is 42.9. The Labute approximate surface area is 406 Å². The van der Waals surface area contributed by atoms with Crippen molar-refractivity contribution in [1.29, 1.82) is 0 Å². The maximum Gasteiger partial charge on any atom is 1.00 e. The largest absolute Gasteiger partial charge is 1.00 e. The molecule has 0 N–H and O–H groups in total. The van der Waals surface area contributed by atoms with Crippen LogP contribution in [0.15, 0.2) is 173 Å². The third-order valence-corrected chi connectivity index (χ3v) is 12.2. The molecule has 0 aliphatic rings. The van der Waals surface area contributed by atoms with Crippen molar-refractivity contribution < 1.29 is 112 Å². The molecular formula is C40H30N4Na2O12S4. The number of rotatable bonds is 16. The molecule has 0 aliphatic carbocycles. The van der Waals surface area contributed by atoms with Gasteiger partial charge in [0, 0.05) is 4.90 Å². The van der Waals surface area contributed by atoms with Gasteiger partial charge in [-0.25, -0.2) is 8.42 Å². The summed E-state index contributed by atoms with van der Waals surface area (Å²) >= 11 is 0.537. The Morgan fingerprint density at radius 1 is 0.516 bits per heavy atom. The summed E-state index contributed by atoms with van der Waals surface area (Å²) in [6, 6.07) is 32.3. The van der Waals surface area contributed by atoms with Crippen LogP contribution in [0.25, 0.3) is 12.2 Å². The van der Waals surface area contributed by atoms with Gasteiger partial charge in [0.25, 0.3) is 0 Å². The van der Waals surface area contributed by atoms with Crippen LogP contribution in [0.4, 0.5) is 22.7 Å². The van der Waals surface area contributed by atoms with Gasteiger partial charge in [0.15, 0.2) is 0 Å². The van der Waals surface area contributed by atoms with Gasteiger partial charge in [0.1, 0.15) is 31.4 Å². The van der Waals surface area contributed by atoms with E-state index in [0.29, 0.717) is 33.9 Å². The van der Waals surface area contributed by atoms with Gasteiger partial charge in [0.2, 0.25) is 0 Å². The van der Waals surface area contributed by atoms with Gasteiger partial charge in [-0.05, 0) is 122 Å². The number of nitrogens with zero attached hydrogens (tertiary/aromatic N) is 4. The predicted octanol–water partition coefficient (Wildman–Crippen LogP) is 2.98. The van der Waals surface area contributed by atoms with E-state index in [-0.39, 0.29) is 97.3 Å². The summed E-state index contributed by atoms with van der Waals surface area (Å²) in [6.45, 7) is 3.66. The van der Waals surface area contributed by atoms with E-state index in [4.69, 9.17) is 8.37 Å². The fourth-order valence-electron chi connectivity index (χ4n) is 5.09. The van der Waals surface area contributed by atoms with Crippen LogP contribution < -0.4 is 72.7 Å². The monoisotopic (exact) mass is 932 g/mol. The summed E-state index contributed by atoms with van der Waals surface area (Å²) < 4.78 is 102. The van der Waals surface area contributed by atoms with Crippen molar-refractivity contribution in [3.05, 3.63) is 156 Å². The minimum absolute atomic E-state index is 0. The van der Waals surface area contributed by atoms with Gasteiger partial charge in [0.05, 0.1) is 39.7 Å². The molecule has 0 unspecified atom stereocenters. The number of hydrogen-bond donors (Lipinski definition) is 0. The fourth-order valence-corrected chi connectivity index (χ4v) is 8.14. The first kappa shape index (κ1) is 50.5. The van der Waals surface area contributed by atoms with Crippen molar-refractivity contribution >= 4 is 77.3 Å². The second-order valence-electron chi connectivity index (χ2n) is 12.5. The summed E-state index contributed by atoms with van der Waals surface area (Å²) in [7, 11) is -13.1. The summed E-state index contributed by atoms with van der Waals surface area (Å²) in [5.74, 6) is 0.0959. The quantitative estimate of drug-likeness (QED) is 0.0199. The van der Waals surface area contributed by atoms with Crippen molar-refractivity contribution in [1.82, 2.24) is 0 Å². The van der Waals surface area contributed by atoms with E-state index in [1.165, 1.54) is 103 Å². The van der Waals surface area contributed by atoms with E-state index in [2.05, 4.69) is 29.8 Å². The van der Waals surface area contributed by atoms with Crippen molar-refractivity contribution in [3.63, 3.8) is 0 Å². The molecule has 6 rings (SSSR count). The van der Waals surface area contributed by atoms with E-state index in [0.717, 1.165) is 17.2 Å². The van der Waals surface area contributed by atoms with E-state index in [9.17, 15) is 35.1 Å². The normalized spacial score (nSPS) is 12.0. The molecule has 0 bridgehead atoms. The molecule has 22 heteroatoms. The van der Waals surface area contributed by atoms with E-state index >= 15 is 0 Å². The molecule has 0 aliphatic heterocycles. The van der Waals surface area contributed by atoms with Crippen LogP contribution in [0.3, 0.4) is 0 Å². The third kappa shape index (κ3) is 14.2. The van der Waals surface area contributed by atoms with Gasteiger partial charge in [-0.2, -0.15) is 41.6 Å². The predicted molar refractivity (Wildman–Crippen MR) is 217 cm³/mol. The van der Waals surface area contributed by atoms with Crippen LogP contribution in [0.1, 0.15) is 22.3 Å². The minimum atomic E-state index is -5.02. The van der Waals surface area contributed by atoms with E-state index in [1.807, 2.05) is 13.8 Å². The van der Waals surface area contributed by atoms with Crippen LogP contribution in [0, 0.1) is 13.8 Å². The van der Waals surface area contributed by atoms with Gasteiger partial charge in [-0.15, -0.1) is 0 Å². The van der Waals surface area contributed by atoms with Crippen LogP contribution >= 0.6 is 12.0 Å². The molecule has 0 atom stereocenters. The molecule has 0 aromatic heterocycles. The second-order valence-corrected chi connectivity index (χ2v) is 17.7. The smallest absolute Gasteiger partial charge is 0.744 e. The van der Waals surface area contributed by atoms with Crippen molar-refractivity contribution in [3.8, 4) is 11.5 Å². The Kier molecular flexibility index (Phi) is 18.3. The Balaban J connectivity index is 0.00000422. The summed E-state index contributed by atoms with van der Waals surface area (Å²) in [5, 5.41) is 30.6. The molecule has 62 heavy (non-hydrogen) atoms. The molecule has 0 fully saturated rings. The zero-order valence-corrected chi connectivity index (χ0v) is 40.4. The molecule has 0 amide bonds. The number of hydrogen-bond acceptors (Lipinski definition) is 17. The summed E-state index contributed by atoms with van der Waals surface area (Å²) in [4.78, 5) is -0.302. The topological polar surface area (TPSA) is 235 Å². The van der Waals surface area contributed by atoms with E-state index < -0.39 is 35.2 Å². The van der Waals surface area contributed by atoms with Crippen molar-refractivity contribution in [2.24, 2.45) is 20.5 Å². The first-order valence-electron chi connectivity index (χ1n) is 17.2. The summed E-state index contributed by atoms with van der Waals surface area (Å²) in [5.41, 5.74) is 3.18. The van der Waals surface area contributed by atoms with Crippen molar-refractivity contribution in [2.75, 3.05) is 0 Å². The molecule has 6 aromatic rings. The second kappa shape index (κ2) is 22.5. The molecule has 0 spiro atoms. The SMILES string of the molecule is Cc1ccc(S(=O)(=O)Oc2ccc(N=Nc3ccc(/C=C/c4ccc(N=Nc5ccc(OS(=O)(=O)c6ccc(C)cc6)cc5)cc4S(=O)(=O)[O-])c(SOO[O-])c3)cc2)cc1.[Na+].[Na+]. The van der Waals surface area contributed by atoms with Crippen LogP contribution in [-0.4, -0.2) is 29.8 Å². The number of benzene rings is 6. The molecule has 16 nitrogen and oxygen atoms in total. The molecule has 6 aromatic carbocycles. The van der Waals surface area contributed by atoms with Crippen LogP contribution in [0.2, 0.25) is 0 Å². The van der Waals surface area contributed by atoms with Crippen LogP contribution in [0.5, 0.6) is 11.5 Å². The average molecular weight is 933 g/mol. The van der Waals surface area contributed by atoms with Gasteiger partial charge < -0.3 is 18.2 Å².